The van der Waals surface area contributed by atoms with E-state index in [0.717, 1.165) is 30.6 Å². The molecule has 2 heteroatoms. The van der Waals surface area contributed by atoms with Crippen molar-refractivity contribution < 1.29 is 4.79 Å². The molecule has 0 spiro atoms. The summed E-state index contributed by atoms with van der Waals surface area (Å²) in [6, 6.07) is 16.1. The molecule has 1 aliphatic rings. The first-order valence-corrected chi connectivity index (χ1v) is 8.69. The van der Waals surface area contributed by atoms with Crippen molar-refractivity contribution in [2.75, 3.05) is 11.4 Å². The predicted molar refractivity (Wildman–Crippen MR) is 98.2 cm³/mol. The number of rotatable bonds is 3. The molecule has 0 saturated heterocycles. The van der Waals surface area contributed by atoms with Crippen LogP contribution in [0.3, 0.4) is 0 Å². The van der Waals surface area contributed by atoms with E-state index in [1.807, 2.05) is 41.3 Å². The van der Waals surface area contributed by atoms with Gasteiger partial charge in [-0.2, -0.15) is 0 Å². The maximum absolute atomic E-state index is 12.6. The highest BCUT2D eigenvalue weighted by Gasteiger charge is 2.24. The summed E-state index contributed by atoms with van der Waals surface area (Å²) in [4.78, 5) is 14.5. The topological polar surface area (TPSA) is 20.3 Å². The third-order valence-electron chi connectivity index (χ3n) is 4.21. The molecule has 0 aliphatic carbocycles. The Balaban J connectivity index is 0.000000433. The summed E-state index contributed by atoms with van der Waals surface area (Å²) < 4.78 is 0. The smallest absolute Gasteiger partial charge is 0.258 e. The molecule has 3 rings (SSSR count). The van der Waals surface area contributed by atoms with Crippen LogP contribution in [-0.4, -0.2) is 12.5 Å². The first-order chi connectivity index (χ1) is 11.2. The highest BCUT2D eigenvalue weighted by molar-refractivity contribution is 6.07. The standard InChI is InChI=1S/C17H17NO.C4H10/c1-2-13-6-5-8-15(12-13)17(19)18-11-10-14-7-3-4-9-16(14)18;1-3-4-2/h3-9,12H,2,10-11H2,1H3;3-4H2,1-2H3. The van der Waals surface area contributed by atoms with Crippen LogP contribution in [0.1, 0.15) is 55.1 Å². The van der Waals surface area contributed by atoms with E-state index in [1.165, 1.54) is 24.0 Å². The van der Waals surface area contributed by atoms with Gasteiger partial charge in [0.15, 0.2) is 0 Å². The van der Waals surface area contributed by atoms with Gasteiger partial charge in [-0.15, -0.1) is 0 Å². The maximum atomic E-state index is 12.6. The number of benzene rings is 2. The first kappa shape index (κ1) is 17.3. The summed E-state index contributed by atoms with van der Waals surface area (Å²) >= 11 is 0. The Labute approximate surface area is 140 Å². The summed E-state index contributed by atoms with van der Waals surface area (Å²) in [6.45, 7) is 7.25. The quantitative estimate of drug-likeness (QED) is 0.757. The van der Waals surface area contributed by atoms with Gasteiger partial charge in [-0.05, 0) is 42.2 Å². The summed E-state index contributed by atoms with van der Waals surface area (Å²) in [5.41, 5.74) is 4.33. The summed E-state index contributed by atoms with van der Waals surface area (Å²) in [5, 5.41) is 0. The number of aryl methyl sites for hydroxylation is 1. The molecule has 0 saturated carbocycles. The molecule has 0 unspecified atom stereocenters. The lowest BCUT2D eigenvalue weighted by Crippen LogP contribution is -2.28. The lowest BCUT2D eigenvalue weighted by atomic mass is 10.1. The van der Waals surface area contributed by atoms with E-state index < -0.39 is 0 Å². The molecule has 2 aromatic rings. The molecule has 1 aliphatic heterocycles. The number of nitrogens with zero attached hydrogens (tertiary/aromatic N) is 1. The largest absolute Gasteiger partial charge is 0.308 e. The number of unbranched alkanes of at least 4 members (excludes halogenated alkanes) is 1. The van der Waals surface area contributed by atoms with Crippen LogP contribution in [0.2, 0.25) is 0 Å². The number of hydrogen-bond acceptors (Lipinski definition) is 1. The van der Waals surface area contributed by atoms with Gasteiger partial charge in [-0.1, -0.05) is 63.9 Å². The van der Waals surface area contributed by atoms with Crippen molar-refractivity contribution in [2.45, 2.75) is 46.5 Å². The van der Waals surface area contributed by atoms with Gasteiger partial charge < -0.3 is 4.90 Å². The molecule has 0 radical (unpaired) electrons. The minimum absolute atomic E-state index is 0.111. The van der Waals surface area contributed by atoms with Crippen LogP contribution in [0.4, 0.5) is 5.69 Å². The lowest BCUT2D eigenvalue weighted by Gasteiger charge is -2.17. The molecule has 122 valence electrons. The van der Waals surface area contributed by atoms with Gasteiger partial charge in [0, 0.05) is 17.8 Å². The molecule has 0 atom stereocenters. The second-order valence-corrected chi connectivity index (χ2v) is 5.89. The average molecular weight is 309 g/mol. The summed E-state index contributed by atoms with van der Waals surface area (Å²) in [6.07, 6.45) is 4.55. The number of para-hydroxylation sites is 1. The van der Waals surface area contributed by atoms with Gasteiger partial charge in [0.25, 0.3) is 5.91 Å². The number of fused-ring (bicyclic) bond motifs is 1. The Bertz CT molecular complexity index is 646. The van der Waals surface area contributed by atoms with Crippen LogP contribution >= 0.6 is 0 Å². The van der Waals surface area contributed by atoms with E-state index in [2.05, 4.69) is 32.9 Å². The number of hydrogen-bond donors (Lipinski definition) is 0. The van der Waals surface area contributed by atoms with Crippen LogP contribution in [0.25, 0.3) is 0 Å². The van der Waals surface area contributed by atoms with Gasteiger partial charge in [-0.3, -0.25) is 4.79 Å². The highest BCUT2D eigenvalue weighted by atomic mass is 16.2. The van der Waals surface area contributed by atoms with Crippen LogP contribution in [-0.2, 0) is 12.8 Å². The maximum Gasteiger partial charge on any atom is 0.258 e. The van der Waals surface area contributed by atoms with Crippen LogP contribution in [0.15, 0.2) is 48.5 Å². The molecular formula is C21H27NO. The van der Waals surface area contributed by atoms with E-state index in [4.69, 9.17) is 0 Å². The van der Waals surface area contributed by atoms with Crippen molar-refractivity contribution in [3.05, 3.63) is 65.2 Å². The average Bonchev–Trinajstić information content (AvgIpc) is 3.05. The van der Waals surface area contributed by atoms with Crippen molar-refractivity contribution in [3.8, 4) is 0 Å². The molecule has 1 heterocycles. The molecular weight excluding hydrogens is 282 g/mol. The Morgan fingerprint density at radius 1 is 1.00 bits per heavy atom. The Morgan fingerprint density at radius 3 is 2.43 bits per heavy atom. The molecule has 0 bridgehead atoms. The molecule has 0 N–H and O–H groups in total. The van der Waals surface area contributed by atoms with Gasteiger partial charge >= 0.3 is 0 Å². The minimum Gasteiger partial charge on any atom is -0.308 e. The summed E-state index contributed by atoms with van der Waals surface area (Å²) in [5.74, 6) is 0.111. The lowest BCUT2D eigenvalue weighted by molar-refractivity contribution is 0.0989. The van der Waals surface area contributed by atoms with Crippen LogP contribution in [0.5, 0.6) is 0 Å². The van der Waals surface area contributed by atoms with E-state index in [0.29, 0.717) is 0 Å². The molecule has 2 aromatic carbocycles. The fourth-order valence-electron chi connectivity index (χ4n) is 2.63. The third kappa shape index (κ3) is 4.22. The second-order valence-electron chi connectivity index (χ2n) is 5.89. The first-order valence-electron chi connectivity index (χ1n) is 8.69. The summed E-state index contributed by atoms with van der Waals surface area (Å²) in [7, 11) is 0. The van der Waals surface area contributed by atoms with E-state index >= 15 is 0 Å². The Hall–Kier alpha value is -2.09. The predicted octanol–water partition coefficient (Wildman–Crippen LogP) is 5.26. The third-order valence-corrected chi connectivity index (χ3v) is 4.21. The minimum atomic E-state index is 0.111. The van der Waals surface area contributed by atoms with Crippen molar-refractivity contribution >= 4 is 11.6 Å². The fourth-order valence-corrected chi connectivity index (χ4v) is 2.63. The highest BCUT2D eigenvalue weighted by Crippen LogP contribution is 2.28. The zero-order chi connectivity index (χ0) is 16.7. The molecule has 0 aromatic heterocycles. The Kier molecular flexibility index (Phi) is 6.40. The molecule has 1 amide bonds. The van der Waals surface area contributed by atoms with Gasteiger partial charge in [0.1, 0.15) is 0 Å². The van der Waals surface area contributed by atoms with Gasteiger partial charge in [0.05, 0.1) is 0 Å². The van der Waals surface area contributed by atoms with Gasteiger partial charge in [0.2, 0.25) is 0 Å². The number of carbonyl (C=O) groups excluding carboxylic acids is 1. The zero-order valence-electron chi connectivity index (χ0n) is 14.5. The van der Waals surface area contributed by atoms with E-state index in [-0.39, 0.29) is 5.91 Å². The molecule has 2 nitrogen and oxygen atoms in total. The Morgan fingerprint density at radius 2 is 1.74 bits per heavy atom. The number of carbonyl (C=O) groups is 1. The second kappa shape index (κ2) is 8.52. The molecule has 23 heavy (non-hydrogen) atoms. The van der Waals surface area contributed by atoms with Crippen molar-refractivity contribution in [2.24, 2.45) is 0 Å². The van der Waals surface area contributed by atoms with Gasteiger partial charge in [-0.25, -0.2) is 0 Å². The SMILES string of the molecule is CCCC.CCc1cccc(C(=O)N2CCc3ccccc32)c1. The monoisotopic (exact) mass is 309 g/mol. The molecule has 0 fully saturated rings. The number of amides is 1. The number of anilines is 1. The van der Waals surface area contributed by atoms with Crippen LogP contribution in [0, 0.1) is 0 Å². The van der Waals surface area contributed by atoms with Crippen molar-refractivity contribution in [3.63, 3.8) is 0 Å². The van der Waals surface area contributed by atoms with Crippen molar-refractivity contribution in [1.29, 1.82) is 0 Å². The van der Waals surface area contributed by atoms with E-state index in [9.17, 15) is 4.79 Å². The fraction of sp³-hybridized carbons (Fsp3) is 0.381. The van der Waals surface area contributed by atoms with Crippen LogP contribution < -0.4 is 4.90 Å². The zero-order valence-corrected chi connectivity index (χ0v) is 14.5. The van der Waals surface area contributed by atoms with E-state index in [1.54, 1.807) is 0 Å². The van der Waals surface area contributed by atoms with Crippen molar-refractivity contribution in [1.82, 2.24) is 0 Å². The normalized spacial score (nSPS) is 12.4.